The van der Waals surface area contributed by atoms with Crippen molar-refractivity contribution in [1.29, 1.82) is 0 Å². The Morgan fingerprint density at radius 3 is 2.46 bits per heavy atom. The number of piperazine rings is 1. The zero-order valence-corrected chi connectivity index (χ0v) is 17.1. The summed E-state index contributed by atoms with van der Waals surface area (Å²) in [6.07, 6.45) is 0. The van der Waals surface area contributed by atoms with E-state index < -0.39 is 0 Å². The van der Waals surface area contributed by atoms with Crippen LogP contribution in [-0.2, 0) is 7.05 Å². The van der Waals surface area contributed by atoms with Crippen LogP contribution in [-0.4, -0.2) is 41.6 Å². The number of aryl methyl sites for hydroxylation is 1. The molecule has 2 aromatic carbocycles. The predicted octanol–water partition coefficient (Wildman–Crippen LogP) is 4.65. The highest BCUT2D eigenvalue weighted by Crippen LogP contribution is 2.27. The number of hydrogen-bond donors (Lipinski definition) is 0. The molecule has 142 valence electrons. The van der Waals surface area contributed by atoms with Crippen molar-refractivity contribution >= 4 is 49.4 Å². The minimum Gasteiger partial charge on any atom is -0.448 e. The molecule has 4 aromatic rings. The number of aromatic nitrogens is 1. The Labute approximate surface area is 171 Å². The molecule has 5 nitrogen and oxygen atoms in total. The van der Waals surface area contributed by atoms with Gasteiger partial charge in [0, 0.05) is 51.0 Å². The number of anilines is 1. The summed E-state index contributed by atoms with van der Waals surface area (Å²) < 4.78 is 8.18. The standard InChI is InChI=1S/C22H20BrN3O2/c1-24-18-14-21(23)28-20(18)13-19(24)22(27)26-10-8-25(9-11-26)17-7-6-15-4-2-3-5-16(15)12-17/h2-7,12-14H,8-11H2,1H3. The van der Waals surface area contributed by atoms with E-state index >= 15 is 0 Å². The summed E-state index contributed by atoms with van der Waals surface area (Å²) in [7, 11) is 1.91. The van der Waals surface area contributed by atoms with E-state index in [-0.39, 0.29) is 5.91 Å². The summed E-state index contributed by atoms with van der Waals surface area (Å²) in [5.74, 6) is 0.0585. The second kappa shape index (κ2) is 6.71. The zero-order valence-electron chi connectivity index (χ0n) is 15.6. The third kappa shape index (κ3) is 2.88. The maximum absolute atomic E-state index is 13.0. The normalized spacial score (nSPS) is 14.9. The third-order valence-electron chi connectivity index (χ3n) is 5.58. The van der Waals surface area contributed by atoms with E-state index in [1.165, 1.54) is 16.5 Å². The molecule has 0 bridgehead atoms. The van der Waals surface area contributed by atoms with E-state index in [0.29, 0.717) is 23.5 Å². The molecule has 1 saturated heterocycles. The fourth-order valence-corrected chi connectivity index (χ4v) is 4.38. The summed E-state index contributed by atoms with van der Waals surface area (Å²) in [6, 6.07) is 18.7. The first kappa shape index (κ1) is 17.4. The van der Waals surface area contributed by atoms with Gasteiger partial charge in [-0.15, -0.1) is 0 Å². The minimum atomic E-state index is 0.0585. The molecular formula is C22H20BrN3O2. The van der Waals surface area contributed by atoms with Gasteiger partial charge in [-0.25, -0.2) is 0 Å². The molecule has 5 rings (SSSR count). The molecular weight excluding hydrogens is 418 g/mol. The Morgan fingerprint density at radius 1 is 0.964 bits per heavy atom. The average molecular weight is 438 g/mol. The van der Waals surface area contributed by atoms with Gasteiger partial charge in [-0.2, -0.15) is 0 Å². The number of fused-ring (bicyclic) bond motifs is 2. The summed E-state index contributed by atoms with van der Waals surface area (Å²) in [4.78, 5) is 17.3. The van der Waals surface area contributed by atoms with Gasteiger partial charge in [0.2, 0.25) is 0 Å². The van der Waals surface area contributed by atoms with Crippen molar-refractivity contribution in [3.63, 3.8) is 0 Å². The van der Waals surface area contributed by atoms with Crippen LogP contribution < -0.4 is 4.90 Å². The van der Waals surface area contributed by atoms with Crippen LogP contribution in [0.3, 0.4) is 0 Å². The summed E-state index contributed by atoms with van der Waals surface area (Å²) in [6.45, 7) is 3.08. The Bertz CT molecular complexity index is 1190. The molecule has 0 atom stereocenters. The largest absolute Gasteiger partial charge is 0.448 e. The predicted molar refractivity (Wildman–Crippen MR) is 115 cm³/mol. The lowest BCUT2D eigenvalue weighted by atomic mass is 10.1. The van der Waals surface area contributed by atoms with Crippen LogP contribution in [0.5, 0.6) is 0 Å². The molecule has 0 N–H and O–H groups in total. The van der Waals surface area contributed by atoms with E-state index in [1.54, 1.807) is 0 Å². The molecule has 2 aromatic heterocycles. The van der Waals surface area contributed by atoms with Crippen LogP contribution in [0.4, 0.5) is 5.69 Å². The van der Waals surface area contributed by atoms with Crippen LogP contribution in [0.1, 0.15) is 10.5 Å². The number of rotatable bonds is 2. The van der Waals surface area contributed by atoms with Crippen molar-refractivity contribution in [2.24, 2.45) is 7.05 Å². The first-order chi connectivity index (χ1) is 13.6. The van der Waals surface area contributed by atoms with E-state index in [0.717, 1.165) is 24.2 Å². The zero-order chi connectivity index (χ0) is 19.3. The number of carbonyl (C=O) groups excluding carboxylic acids is 1. The van der Waals surface area contributed by atoms with Crippen LogP contribution >= 0.6 is 15.9 Å². The maximum atomic E-state index is 13.0. The molecule has 0 unspecified atom stereocenters. The molecule has 0 aliphatic carbocycles. The lowest BCUT2D eigenvalue weighted by Gasteiger charge is -2.36. The first-order valence-corrected chi connectivity index (χ1v) is 10.2. The Balaban J connectivity index is 1.32. The van der Waals surface area contributed by atoms with Crippen molar-refractivity contribution in [3.8, 4) is 0 Å². The summed E-state index contributed by atoms with van der Waals surface area (Å²) in [5, 5.41) is 2.50. The van der Waals surface area contributed by atoms with Crippen LogP contribution in [0.2, 0.25) is 0 Å². The molecule has 6 heteroatoms. The van der Waals surface area contributed by atoms with Gasteiger partial charge in [0.05, 0.1) is 5.52 Å². The average Bonchev–Trinajstić information content (AvgIpc) is 3.24. The Morgan fingerprint density at radius 2 is 1.71 bits per heavy atom. The smallest absolute Gasteiger partial charge is 0.270 e. The van der Waals surface area contributed by atoms with E-state index in [4.69, 9.17) is 4.42 Å². The van der Waals surface area contributed by atoms with Crippen LogP contribution in [0.25, 0.3) is 21.9 Å². The van der Waals surface area contributed by atoms with Crippen molar-refractivity contribution < 1.29 is 9.21 Å². The van der Waals surface area contributed by atoms with E-state index in [1.807, 2.05) is 28.6 Å². The van der Waals surface area contributed by atoms with Gasteiger partial charge in [-0.1, -0.05) is 30.3 Å². The van der Waals surface area contributed by atoms with Crippen molar-refractivity contribution in [2.45, 2.75) is 0 Å². The third-order valence-corrected chi connectivity index (χ3v) is 5.98. The summed E-state index contributed by atoms with van der Waals surface area (Å²) >= 11 is 3.34. The Hall–Kier alpha value is -2.73. The lowest BCUT2D eigenvalue weighted by Crippen LogP contribution is -2.49. The highest BCUT2D eigenvalue weighted by molar-refractivity contribution is 9.10. The van der Waals surface area contributed by atoms with E-state index in [2.05, 4.69) is 63.3 Å². The van der Waals surface area contributed by atoms with Crippen molar-refractivity contribution in [2.75, 3.05) is 31.1 Å². The number of nitrogens with zero attached hydrogens (tertiary/aromatic N) is 3. The molecule has 1 amide bonds. The number of furan rings is 1. The fourth-order valence-electron chi connectivity index (χ4n) is 3.99. The quantitative estimate of drug-likeness (QED) is 0.458. The van der Waals surface area contributed by atoms with Gasteiger partial charge in [-0.3, -0.25) is 4.79 Å². The van der Waals surface area contributed by atoms with Crippen molar-refractivity contribution in [1.82, 2.24) is 9.47 Å². The van der Waals surface area contributed by atoms with Crippen molar-refractivity contribution in [3.05, 3.63) is 65.0 Å². The number of hydrogen-bond acceptors (Lipinski definition) is 3. The SMILES string of the molecule is Cn1c(C(=O)N2CCN(c3ccc4ccccc4c3)CC2)cc2oc(Br)cc21. The molecule has 3 heterocycles. The number of carbonyl (C=O) groups is 1. The second-order valence-electron chi connectivity index (χ2n) is 7.20. The number of amides is 1. The Kier molecular flexibility index (Phi) is 4.16. The number of halogens is 1. The molecule has 0 saturated carbocycles. The van der Waals surface area contributed by atoms with Gasteiger partial charge in [0.15, 0.2) is 10.3 Å². The molecule has 1 aliphatic rings. The van der Waals surface area contributed by atoms with Gasteiger partial charge in [-0.05, 0) is 38.8 Å². The molecule has 1 aliphatic heterocycles. The maximum Gasteiger partial charge on any atom is 0.270 e. The van der Waals surface area contributed by atoms with Gasteiger partial charge >= 0.3 is 0 Å². The van der Waals surface area contributed by atoms with E-state index in [9.17, 15) is 4.79 Å². The molecule has 0 spiro atoms. The van der Waals surface area contributed by atoms with Gasteiger partial charge < -0.3 is 18.8 Å². The van der Waals surface area contributed by atoms with Gasteiger partial charge in [0.1, 0.15) is 5.69 Å². The lowest BCUT2D eigenvalue weighted by molar-refractivity contribution is 0.0737. The number of benzene rings is 2. The molecule has 1 fully saturated rings. The molecule has 28 heavy (non-hydrogen) atoms. The van der Waals surface area contributed by atoms with Crippen LogP contribution in [0.15, 0.2) is 63.7 Å². The van der Waals surface area contributed by atoms with Gasteiger partial charge in [0.25, 0.3) is 5.91 Å². The first-order valence-electron chi connectivity index (χ1n) is 9.38. The molecule has 0 radical (unpaired) electrons. The highest BCUT2D eigenvalue weighted by Gasteiger charge is 2.25. The minimum absolute atomic E-state index is 0.0585. The monoisotopic (exact) mass is 437 g/mol. The van der Waals surface area contributed by atoms with Crippen LogP contribution in [0, 0.1) is 0 Å². The summed E-state index contributed by atoms with van der Waals surface area (Å²) in [5.41, 5.74) is 3.53. The fraction of sp³-hybridized carbons (Fsp3) is 0.227. The highest BCUT2D eigenvalue weighted by atomic mass is 79.9. The topological polar surface area (TPSA) is 41.6 Å². The second-order valence-corrected chi connectivity index (χ2v) is 7.98.